The van der Waals surface area contributed by atoms with E-state index in [0.29, 0.717) is 0 Å². The average molecular weight is 511 g/mol. The minimum atomic E-state index is -3.99. The molecule has 2 N–H and O–H groups in total. The van der Waals surface area contributed by atoms with Crippen molar-refractivity contribution in [1.29, 1.82) is 0 Å². The summed E-state index contributed by atoms with van der Waals surface area (Å²) in [5.74, 6) is 0. The van der Waals surface area contributed by atoms with Crippen molar-refractivity contribution in [1.82, 2.24) is 5.32 Å². The van der Waals surface area contributed by atoms with Crippen molar-refractivity contribution in [3.05, 3.63) is 12.2 Å². The van der Waals surface area contributed by atoms with E-state index < -0.39 is 38.2 Å². The number of ether oxygens (including phenoxy) is 1. The Morgan fingerprint density at radius 2 is 1.50 bits per heavy atom. The maximum atomic E-state index is 12.3. The average Bonchev–Trinajstić information content (AvgIpc) is 2.79. The molecule has 0 aromatic rings. The first-order valence-corrected chi connectivity index (χ1v) is 14.1. The van der Waals surface area contributed by atoms with E-state index in [1.54, 1.807) is 20.8 Å². The highest BCUT2D eigenvalue weighted by molar-refractivity contribution is 7.48. The highest BCUT2D eigenvalue weighted by Gasteiger charge is 2.29. The highest BCUT2D eigenvalue weighted by Crippen LogP contribution is 2.47. The first-order valence-electron chi connectivity index (χ1n) is 13.2. The Balaban J connectivity index is 4.58. The predicted octanol–water partition coefficient (Wildman–Crippen LogP) is 6.92. The lowest BCUT2D eigenvalue weighted by molar-refractivity contribution is 0.0389. The van der Waals surface area contributed by atoms with E-state index in [0.717, 1.165) is 33.5 Å². The van der Waals surface area contributed by atoms with Crippen LogP contribution < -0.4 is 5.32 Å². The molecule has 202 valence electrons. The fourth-order valence-corrected chi connectivity index (χ4v) is 3.83. The van der Waals surface area contributed by atoms with Gasteiger partial charge in [-0.3, -0.25) is 13.6 Å². The third-order valence-corrected chi connectivity index (χ3v) is 6.42. The normalized spacial score (nSPS) is 15.7. The zero-order valence-electron chi connectivity index (χ0n) is 23.2. The van der Waals surface area contributed by atoms with Crippen LogP contribution in [0.5, 0.6) is 0 Å². The zero-order valence-corrected chi connectivity index (χ0v) is 23.1. The summed E-state index contributed by atoms with van der Waals surface area (Å²) in [4.78, 5) is 12.2. The molecule has 0 aliphatic heterocycles. The number of carbonyl (C=O) groups excluding carboxylic acids is 1. The Morgan fingerprint density at radius 3 is 1.97 bits per heavy atom. The van der Waals surface area contributed by atoms with E-state index in [-0.39, 0.29) is 0 Å². The Labute approximate surface area is 209 Å². The van der Waals surface area contributed by atoms with Gasteiger partial charge in [0.25, 0.3) is 0 Å². The van der Waals surface area contributed by atoms with Crippen LogP contribution in [0.15, 0.2) is 12.2 Å². The summed E-state index contributed by atoms with van der Waals surface area (Å²) in [5.41, 5.74) is -0.767. The lowest BCUT2D eigenvalue weighted by Gasteiger charge is -2.26. The molecule has 0 saturated carbocycles. The number of unbranched alkanes of at least 4 members (excludes halogenated alkanes) is 11. The SMILES string of the molecule is [2H][13CH](OP(=O)(OC)OC)[13C@@H](NC(=O)OC(C)(C)C)[C@H](O)/C=C/CCCCCCCCCCCCC. The van der Waals surface area contributed by atoms with Crippen molar-refractivity contribution >= 4 is 13.9 Å². The Bertz CT molecular complexity index is 619. The van der Waals surface area contributed by atoms with Crippen LogP contribution in [0.25, 0.3) is 0 Å². The molecule has 9 heteroatoms. The van der Waals surface area contributed by atoms with Gasteiger partial charge in [0.15, 0.2) is 0 Å². The van der Waals surface area contributed by atoms with Crippen molar-refractivity contribution in [3.63, 3.8) is 0 Å². The van der Waals surface area contributed by atoms with Crippen LogP contribution in [0.1, 0.15) is 106 Å². The van der Waals surface area contributed by atoms with Crippen LogP contribution in [0.2, 0.25) is 0 Å². The molecule has 0 aliphatic carbocycles. The van der Waals surface area contributed by atoms with Gasteiger partial charge in [0.1, 0.15) is 5.60 Å². The van der Waals surface area contributed by atoms with Gasteiger partial charge in [-0.05, 0) is 33.6 Å². The van der Waals surface area contributed by atoms with Crippen molar-refractivity contribution < 1.29 is 34.1 Å². The lowest BCUT2D eigenvalue weighted by Crippen LogP contribution is -2.47. The summed E-state index contributed by atoms with van der Waals surface area (Å²) in [5, 5.41) is 13.1. The van der Waals surface area contributed by atoms with Gasteiger partial charge >= 0.3 is 13.9 Å². The number of nitrogens with one attached hydrogen (secondary N) is 1. The predicted molar refractivity (Wildman–Crippen MR) is 137 cm³/mol. The smallest absolute Gasteiger partial charge is 0.444 e. The second kappa shape index (κ2) is 19.3. The van der Waals surface area contributed by atoms with Gasteiger partial charge in [-0.2, -0.15) is 0 Å². The number of allylic oxidation sites excluding steroid dienone is 1. The molecule has 0 aromatic heterocycles. The molecular formula is C25H50NO7P. The molecule has 0 fully saturated rings. The summed E-state index contributed by atoms with van der Waals surface area (Å²) in [6.07, 6.45) is 15.8. The zero-order chi connectivity index (χ0) is 26.7. The monoisotopic (exact) mass is 510 g/mol. The number of phosphoric ester groups is 1. The van der Waals surface area contributed by atoms with Crippen LogP contribution in [0.3, 0.4) is 0 Å². The van der Waals surface area contributed by atoms with Gasteiger partial charge in [-0.25, -0.2) is 9.36 Å². The number of aliphatic hydroxyl groups excluding tert-OH is 1. The fraction of sp³-hybridized carbons (Fsp3) is 0.880. The minimum Gasteiger partial charge on any atom is -0.444 e. The third-order valence-electron chi connectivity index (χ3n) is 5.14. The first kappa shape index (κ1) is 31.1. The Hall–Kier alpha value is -0.920. The van der Waals surface area contributed by atoms with Gasteiger partial charge in [0, 0.05) is 14.2 Å². The number of hydrogen-bond donors (Lipinski definition) is 2. The molecule has 0 rings (SSSR count). The van der Waals surface area contributed by atoms with Crippen LogP contribution >= 0.6 is 7.82 Å². The number of hydrogen-bond acceptors (Lipinski definition) is 7. The van der Waals surface area contributed by atoms with Crippen molar-refractivity contribution in [3.8, 4) is 0 Å². The molecule has 0 bridgehead atoms. The minimum absolute atomic E-state index is 0.767. The Kier molecular flexibility index (Phi) is 17.7. The molecule has 1 unspecified atom stereocenters. The molecular weight excluding hydrogens is 459 g/mol. The first-order chi connectivity index (χ1) is 16.5. The molecule has 1 amide bonds. The van der Waals surface area contributed by atoms with Crippen LogP contribution in [0, 0.1) is 0 Å². The quantitative estimate of drug-likeness (QED) is 0.0793. The van der Waals surface area contributed by atoms with Crippen molar-refractivity contribution in [2.24, 2.45) is 0 Å². The van der Waals surface area contributed by atoms with E-state index in [1.807, 2.05) is 6.08 Å². The lowest BCUT2D eigenvalue weighted by atomic mass is 10.1. The molecule has 8 nitrogen and oxygen atoms in total. The number of aliphatic hydroxyl groups is 1. The number of rotatable bonds is 20. The van der Waals surface area contributed by atoms with Gasteiger partial charge in [0.05, 0.1) is 20.1 Å². The highest BCUT2D eigenvalue weighted by atomic mass is 31.2. The summed E-state index contributed by atoms with van der Waals surface area (Å²) < 4.78 is 40.2. The van der Waals surface area contributed by atoms with E-state index in [4.69, 9.17) is 19.7 Å². The molecule has 0 saturated heterocycles. The van der Waals surface area contributed by atoms with Gasteiger partial charge in [-0.15, -0.1) is 0 Å². The van der Waals surface area contributed by atoms with E-state index in [9.17, 15) is 14.5 Å². The van der Waals surface area contributed by atoms with Crippen LogP contribution in [-0.4, -0.2) is 49.7 Å². The Morgan fingerprint density at radius 1 is 1.00 bits per heavy atom. The summed E-state index contributed by atoms with van der Waals surface area (Å²) in [6, 6.07) is -1.25. The molecule has 0 aromatic carbocycles. The maximum Gasteiger partial charge on any atom is 0.474 e. The second-order valence-electron chi connectivity index (χ2n) is 9.47. The molecule has 3 atom stereocenters. The second-order valence-corrected chi connectivity index (χ2v) is 11.3. The number of phosphoric acid groups is 1. The van der Waals surface area contributed by atoms with E-state index in [1.165, 1.54) is 63.9 Å². The van der Waals surface area contributed by atoms with Gasteiger partial charge in [-0.1, -0.05) is 83.3 Å². The van der Waals surface area contributed by atoms with E-state index in [2.05, 4.69) is 12.2 Å². The topological polar surface area (TPSA) is 103 Å². The van der Waals surface area contributed by atoms with Crippen molar-refractivity contribution in [2.75, 3.05) is 20.8 Å². The van der Waals surface area contributed by atoms with Gasteiger partial charge in [0.2, 0.25) is 0 Å². The molecule has 0 heterocycles. The molecule has 34 heavy (non-hydrogen) atoms. The molecule has 0 radical (unpaired) electrons. The standard InChI is InChI=1S/C25H50NO7P/c1-7-8-9-10-11-12-13-14-15-16-17-18-19-20-23(27)22(21-32-34(29,30-5)31-6)26-24(28)33-25(2,3)4/h19-20,22-23,27H,7-18,21H2,1-6H3,(H,26,28)/b20-19+/t22-,23-/m1/s1/i21+1D,22+1/t21?,22-,23-. The largest absolute Gasteiger partial charge is 0.474 e. The number of alkyl carbamates (subject to hydrolysis) is 1. The number of amides is 1. The van der Waals surface area contributed by atoms with Gasteiger partial charge < -0.3 is 15.2 Å². The summed E-state index contributed by atoms with van der Waals surface area (Å²) in [7, 11) is -1.75. The van der Waals surface area contributed by atoms with Crippen LogP contribution in [0.4, 0.5) is 4.79 Å². The third kappa shape index (κ3) is 18.4. The summed E-state index contributed by atoms with van der Waals surface area (Å²) >= 11 is 0. The van der Waals surface area contributed by atoms with Crippen molar-refractivity contribution in [2.45, 2.75) is 122 Å². The fourth-order valence-electron chi connectivity index (χ4n) is 3.23. The number of carbonyl (C=O) groups is 1. The maximum absolute atomic E-state index is 12.3. The molecule has 0 spiro atoms. The molecule has 0 aliphatic rings. The van der Waals surface area contributed by atoms with Crippen LogP contribution in [-0.2, 0) is 22.9 Å². The van der Waals surface area contributed by atoms with E-state index >= 15 is 0 Å². The summed E-state index contributed by atoms with van der Waals surface area (Å²) in [6.45, 7) is 5.70.